The van der Waals surface area contributed by atoms with Gasteiger partial charge in [0.25, 0.3) is 0 Å². The van der Waals surface area contributed by atoms with Crippen LogP contribution in [0.2, 0.25) is 0 Å². The van der Waals surface area contributed by atoms with Crippen LogP contribution in [0, 0.1) is 11.8 Å². The molecular weight excluding hydrogens is 212 g/mol. The van der Waals surface area contributed by atoms with E-state index in [9.17, 15) is 0 Å². The molecule has 1 aliphatic carbocycles. The molecule has 1 aliphatic heterocycles. The van der Waals surface area contributed by atoms with Crippen molar-refractivity contribution in [3.05, 3.63) is 0 Å². The molecule has 3 unspecified atom stereocenters. The number of nitrogens with zero attached hydrogens (tertiary/aromatic N) is 1. The van der Waals surface area contributed by atoms with Crippen molar-refractivity contribution in [3.63, 3.8) is 0 Å². The minimum atomic E-state index is 0.466. The van der Waals surface area contributed by atoms with Crippen molar-refractivity contribution in [2.24, 2.45) is 17.6 Å². The van der Waals surface area contributed by atoms with Gasteiger partial charge in [0.1, 0.15) is 0 Å². The molecule has 1 heterocycles. The summed E-state index contributed by atoms with van der Waals surface area (Å²) in [5.74, 6) is 1.60. The van der Waals surface area contributed by atoms with Gasteiger partial charge in [0.2, 0.25) is 0 Å². The van der Waals surface area contributed by atoms with Gasteiger partial charge in [0.15, 0.2) is 0 Å². The second-order valence-corrected chi connectivity index (χ2v) is 6.02. The third-order valence-electron chi connectivity index (χ3n) is 4.35. The Bertz CT molecular complexity index is 220. The molecular formula is C14H28N2O. The van der Waals surface area contributed by atoms with Gasteiger partial charge in [-0.2, -0.15) is 0 Å². The normalized spacial score (nSPS) is 36.0. The molecule has 0 radical (unpaired) electrons. The molecule has 3 atom stereocenters. The average molecular weight is 240 g/mol. The Morgan fingerprint density at radius 1 is 1.18 bits per heavy atom. The Morgan fingerprint density at radius 3 is 2.76 bits per heavy atom. The van der Waals surface area contributed by atoms with E-state index in [2.05, 4.69) is 4.90 Å². The highest BCUT2D eigenvalue weighted by atomic mass is 16.5. The number of ether oxygens (including phenoxy) is 1. The molecule has 3 heteroatoms. The Labute approximate surface area is 106 Å². The fraction of sp³-hybridized carbons (Fsp3) is 1.00. The average Bonchev–Trinajstić information content (AvgIpc) is 2.30. The lowest BCUT2D eigenvalue weighted by Crippen LogP contribution is -2.41. The molecule has 17 heavy (non-hydrogen) atoms. The van der Waals surface area contributed by atoms with Crippen molar-refractivity contribution in [1.29, 1.82) is 0 Å². The van der Waals surface area contributed by atoms with Gasteiger partial charge in [-0.3, -0.25) is 0 Å². The fourth-order valence-corrected chi connectivity index (χ4v) is 3.55. The second-order valence-electron chi connectivity index (χ2n) is 6.02. The van der Waals surface area contributed by atoms with Gasteiger partial charge in [-0.15, -0.1) is 0 Å². The quantitative estimate of drug-likeness (QED) is 0.815. The summed E-state index contributed by atoms with van der Waals surface area (Å²) in [5.41, 5.74) is 6.07. The molecule has 1 saturated carbocycles. The van der Waals surface area contributed by atoms with E-state index in [0.29, 0.717) is 6.04 Å². The minimum Gasteiger partial charge on any atom is -0.384 e. The molecule has 0 aromatic rings. The van der Waals surface area contributed by atoms with Crippen molar-refractivity contribution in [3.8, 4) is 0 Å². The molecule has 0 amide bonds. The maximum atomic E-state index is 6.07. The molecule has 2 fully saturated rings. The predicted octanol–water partition coefficient (Wildman–Crippen LogP) is 1.86. The van der Waals surface area contributed by atoms with Crippen LogP contribution in [0.4, 0.5) is 0 Å². The lowest BCUT2D eigenvalue weighted by Gasteiger charge is -2.36. The maximum absolute atomic E-state index is 6.07. The van der Waals surface area contributed by atoms with E-state index in [1.54, 1.807) is 0 Å². The first-order valence-corrected chi connectivity index (χ1v) is 7.24. The van der Waals surface area contributed by atoms with Gasteiger partial charge >= 0.3 is 0 Å². The number of hydrogen-bond donors (Lipinski definition) is 1. The number of hydrogen-bond acceptors (Lipinski definition) is 3. The van der Waals surface area contributed by atoms with E-state index in [0.717, 1.165) is 18.4 Å². The number of nitrogens with two attached hydrogens (primary N) is 1. The van der Waals surface area contributed by atoms with Crippen LogP contribution >= 0.6 is 0 Å². The predicted molar refractivity (Wildman–Crippen MR) is 71.0 cm³/mol. The third-order valence-corrected chi connectivity index (χ3v) is 4.35. The van der Waals surface area contributed by atoms with Crippen LogP contribution in [-0.2, 0) is 4.74 Å². The SMILES string of the molecule is COCC1CCCN(CC2CCCC(N)C2)C1. The highest BCUT2D eigenvalue weighted by Crippen LogP contribution is 2.26. The van der Waals surface area contributed by atoms with E-state index in [4.69, 9.17) is 10.5 Å². The number of methoxy groups -OCH3 is 1. The van der Waals surface area contributed by atoms with Crippen LogP contribution < -0.4 is 5.73 Å². The second kappa shape index (κ2) is 6.72. The number of rotatable bonds is 4. The van der Waals surface area contributed by atoms with Crippen molar-refractivity contribution in [2.75, 3.05) is 33.4 Å². The van der Waals surface area contributed by atoms with Crippen molar-refractivity contribution >= 4 is 0 Å². The van der Waals surface area contributed by atoms with Gasteiger partial charge in [-0.25, -0.2) is 0 Å². The molecule has 2 aliphatic rings. The molecule has 2 N–H and O–H groups in total. The molecule has 2 rings (SSSR count). The lowest BCUT2D eigenvalue weighted by atomic mass is 9.85. The van der Waals surface area contributed by atoms with Gasteiger partial charge in [-0.1, -0.05) is 6.42 Å². The zero-order valence-corrected chi connectivity index (χ0v) is 11.2. The standard InChI is InChI=1S/C14H28N2O/c1-17-11-13-5-3-7-16(10-13)9-12-4-2-6-14(15)8-12/h12-14H,2-11,15H2,1H3. The summed E-state index contributed by atoms with van der Waals surface area (Å²) >= 11 is 0. The van der Waals surface area contributed by atoms with E-state index in [1.165, 1.54) is 58.2 Å². The Morgan fingerprint density at radius 2 is 2.00 bits per heavy atom. The topological polar surface area (TPSA) is 38.5 Å². The maximum Gasteiger partial charge on any atom is 0.0502 e. The number of piperidine rings is 1. The summed E-state index contributed by atoms with van der Waals surface area (Å²) in [6, 6.07) is 0.466. The van der Waals surface area contributed by atoms with Crippen LogP contribution in [0.1, 0.15) is 38.5 Å². The highest BCUT2D eigenvalue weighted by molar-refractivity contribution is 4.80. The van der Waals surface area contributed by atoms with Crippen LogP contribution in [0.15, 0.2) is 0 Å². The van der Waals surface area contributed by atoms with Crippen LogP contribution in [0.25, 0.3) is 0 Å². The van der Waals surface area contributed by atoms with Crippen LogP contribution in [-0.4, -0.2) is 44.3 Å². The first-order chi connectivity index (χ1) is 8.28. The molecule has 0 aromatic heterocycles. The fourth-order valence-electron chi connectivity index (χ4n) is 3.55. The van der Waals surface area contributed by atoms with Crippen molar-refractivity contribution in [1.82, 2.24) is 4.90 Å². The summed E-state index contributed by atoms with van der Waals surface area (Å²) in [4.78, 5) is 2.65. The monoisotopic (exact) mass is 240 g/mol. The smallest absolute Gasteiger partial charge is 0.0502 e. The molecule has 0 spiro atoms. The highest BCUT2D eigenvalue weighted by Gasteiger charge is 2.25. The summed E-state index contributed by atoms with van der Waals surface area (Å²) in [6.07, 6.45) is 7.88. The summed E-state index contributed by atoms with van der Waals surface area (Å²) < 4.78 is 5.29. The van der Waals surface area contributed by atoms with E-state index in [1.807, 2.05) is 7.11 Å². The molecule has 0 bridgehead atoms. The summed E-state index contributed by atoms with van der Waals surface area (Å²) in [7, 11) is 1.82. The lowest BCUT2D eigenvalue weighted by molar-refractivity contribution is 0.0775. The molecule has 0 aromatic carbocycles. The third kappa shape index (κ3) is 4.23. The van der Waals surface area contributed by atoms with Crippen LogP contribution in [0.5, 0.6) is 0 Å². The number of likely N-dealkylation sites (tertiary alicyclic amines) is 1. The van der Waals surface area contributed by atoms with E-state index < -0.39 is 0 Å². The van der Waals surface area contributed by atoms with E-state index >= 15 is 0 Å². The Balaban J connectivity index is 1.74. The molecule has 100 valence electrons. The summed E-state index contributed by atoms with van der Waals surface area (Å²) in [5, 5.41) is 0. The van der Waals surface area contributed by atoms with Gasteiger partial charge in [0.05, 0.1) is 6.61 Å². The first-order valence-electron chi connectivity index (χ1n) is 7.24. The largest absolute Gasteiger partial charge is 0.384 e. The summed E-state index contributed by atoms with van der Waals surface area (Å²) in [6.45, 7) is 4.72. The zero-order valence-electron chi connectivity index (χ0n) is 11.2. The van der Waals surface area contributed by atoms with Crippen LogP contribution in [0.3, 0.4) is 0 Å². The minimum absolute atomic E-state index is 0.466. The van der Waals surface area contributed by atoms with Gasteiger partial charge < -0.3 is 15.4 Å². The van der Waals surface area contributed by atoms with Crippen molar-refractivity contribution < 1.29 is 4.74 Å². The zero-order chi connectivity index (χ0) is 12.1. The Hall–Kier alpha value is -0.120. The first kappa shape index (κ1) is 13.3. The molecule has 3 nitrogen and oxygen atoms in total. The van der Waals surface area contributed by atoms with Gasteiger partial charge in [0, 0.05) is 26.2 Å². The molecule has 1 saturated heterocycles. The van der Waals surface area contributed by atoms with Crippen molar-refractivity contribution in [2.45, 2.75) is 44.6 Å². The Kier molecular flexibility index (Phi) is 5.26. The van der Waals surface area contributed by atoms with Gasteiger partial charge in [-0.05, 0) is 50.5 Å². The van der Waals surface area contributed by atoms with E-state index in [-0.39, 0.29) is 0 Å².